The molecule has 1 aliphatic rings. The number of benzene rings is 1. The van der Waals surface area contributed by atoms with Gasteiger partial charge in [0.1, 0.15) is 0 Å². The molecule has 0 fully saturated rings. The van der Waals surface area contributed by atoms with Crippen LogP contribution in [0, 0.1) is 5.92 Å². The Hall–Kier alpha value is -1.66. The summed E-state index contributed by atoms with van der Waals surface area (Å²) in [6.07, 6.45) is 6.69. The number of carbonyl (C=O) groups is 1. The van der Waals surface area contributed by atoms with Gasteiger partial charge in [0.15, 0.2) is 0 Å². The van der Waals surface area contributed by atoms with Gasteiger partial charge < -0.3 is 5.32 Å². The first-order chi connectivity index (χ1) is 9.86. The summed E-state index contributed by atoms with van der Waals surface area (Å²) in [5, 5.41) is 8.01. The molecule has 21 heavy (non-hydrogen) atoms. The topological polar surface area (TPSA) is 89.3 Å². The van der Waals surface area contributed by atoms with Crippen LogP contribution in [0.5, 0.6) is 0 Å². The molecular formula is C15H20N2O3S. The Morgan fingerprint density at radius 3 is 2.86 bits per heavy atom. The zero-order chi connectivity index (χ0) is 15.5. The quantitative estimate of drug-likeness (QED) is 0.814. The molecule has 114 valence electrons. The average molecular weight is 308 g/mol. The number of allylic oxidation sites excluding steroid dienone is 2. The molecule has 0 heterocycles. The van der Waals surface area contributed by atoms with E-state index in [9.17, 15) is 13.2 Å². The lowest BCUT2D eigenvalue weighted by molar-refractivity contribution is -0.122. The lowest BCUT2D eigenvalue weighted by atomic mass is 10.0. The number of nitrogens with two attached hydrogens (primary N) is 1. The van der Waals surface area contributed by atoms with Crippen LogP contribution in [0.4, 0.5) is 0 Å². The summed E-state index contributed by atoms with van der Waals surface area (Å²) in [6.45, 7) is 1.82. The molecule has 2 unspecified atom stereocenters. The zero-order valence-corrected chi connectivity index (χ0v) is 12.8. The molecule has 0 saturated carbocycles. The zero-order valence-electron chi connectivity index (χ0n) is 12.0. The molecule has 2 rings (SSSR count). The van der Waals surface area contributed by atoms with Gasteiger partial charge >= 0.3 is 0 Å². The van der Waals surface area contributed by atoms with Crippen LogP contribution < -0.4 is 10.5 Å². The summed E-state index contributed by atoms with van der Waals surface area (Å²) in [6, 6.07) is 6.07. The van der Waals surface area contributed by atoms with E-state index >= 15 is 0 Å². The van der Waals surface area contributed by atoms with Gasteiger partial charge in [-0.05, 0) is 43.4 Å². The second-order valence-electron chi connectivity index (χ2n) is 5.38. The van der Waals surface area contributed by atoms with Gasteiger partial charge in [-0.25, -0.2) is 13.6 Å². The van der Waals surface area contributed by atoms with Crippen LogP contribution in [0.15, 0.2) is 41.3 Å². The molecule has 3 N–H and O–H groups in total. The van der Waals surface area contributed by atoms with E-state index in [0.29, 0.717) is 12.3 Å². The third kappa shape index (κ3) is 4.41. The number of carbonyl (C=O) groups excluding carboxylic acids is 1. The summed E-state index contributed by atoms with van der Waals surface area (Å²) >= 11 is 0. The van der Waals surface area contributed by atoms with Gasteiger partial charge in [-0.1, -0.05) is 24.3 Å². The number of amides is 1. The SMILES string of the molecule is CC(NC(=O)CC1C=CCC1)c1cccc(S(N)(=O)=O)c1. The first kappa shape index (κ1) is 15.7. The van der Waals surface area contributed by atoms with Crippen molar-refractivity contribution in [2.24, 2.45) is 11.1 Å². The standard InChI is InChI=1S/C15H20N2O3S/c1-11(17-15(18)9-12-5-2-3-6-12)13-7-4-8-14(10-13)21(16,19)20/h2,4-5,7-8,10-12H,3,6,9H2,1H3,(H,17,18)(H2,16,19,20). The fraction of sp³-hybridized carbons (Fsp3) is 0.400. The number of primary sulfonamides is 1. The van der Waals surface area contributed by atoms with E-state index in [0.717, 1.165) is 18.4 Å². The maximum absolute atomic E-state index is 12.0. The third-order valence-electron chi connectivity index (χ3n) is 3.62. The molecule has 1 amide bonds. The van der Waals surface area contributed by atoms with Crippen LogP contribution in [0.3, 0.4) is 0 Å². The highest BCUT2D eigenvalue weighted by Crippen LogP contribution is 2.21. The van der Waals surface area contributed by atoms with Crippen molar-refractivity contribution < 1.29 is 13.2 Å². The van der Waals surface area contributed by atoms with Crippen molar-refractivity contribution in [3.8, 4) is 0 Å². The molecule has 0 aromatic heterocycles. The Labute approximate surface area is 125 Å². The van der Waals surface area contributed by atoms with Gasteiger partial charge in [0.2, 0.25) is 15.9 Å². The lowest BCUT2D eigenvalue weighted by Gasteiger charge is -2.16. The van der Waals surface area contributed by atoms with Crippen LogP contribution >= 0.6 is 0 Å². The molecule has 1 aromatic rings. The van der Waals surface area contributed by atoms with Crippen molar-refractivity contribution in [1.29, 1.82) is 0 Å². The van der Waals surface area contributed by atoms with Crippen LogP contribution in [0.1, 0.15) is 37.8 Å². The predicted molar refractivity (Wildman–Crippen MR) is 80.9 cm³/mol. The van der Waals surface area contributed by atoms with E-state index < -0.39 is 10.0 Å². The molecule has 0 radical (unpaired) electrons. The Morgan fingerprint density at radius 1 is 1.48 bits per heavy atom. The normalized spacial score (nSPS) is 19.4. The fourth-order valence-electron chi connectivity index (χ4n) is 2.45. The highest BCUT2D eigenvalue weighted by Gasteiger charge is 2.17. The van der Waals surface area contributed by atoms with Crippen molar-refractivity contribution in [2.75, 3.05) is 0 Å². The van der Waals surface area contributed by atoms with Gasteiger partial charge in [-0.3, -0.25) is 4.79 Å². The second-order valence-corrected chi connectivity index (χ2v) is 6.94. The summed E-state index contributed by atoms with van der Waals surface area (Å²) in [5.74, 6) is 0.285. The molecule has 0 saturated heterocycles. The fourth-order valence-corrected chi connectivity index (χ4v) is 3.02. The van der Waals surface area contributed by atoms with Crippen molar-refractivity contribution in [2.45, 2.75) is 37.1 Å². The number of hydrogen-bond donors (Lipinski definition) is 2. The van der Waals surface area contributed by atoms with E-state index in [4.69, 9.17) is 5.14 Å². The molecule has 1 aromatic carbocycles. The molecule has 6 heteroatoms. The van der Waals surface area contributed by atoms with Crippen LogP contribution in [0.2, 0.25) is 0 Å². The largest absolute Gasteiger partial charge is 0.350 e. The van der Waals surface area contributed by atoms with Crippen LogP contribution in [-0.2, 0) is 14.8 Å². The molecule has 0 aliphatic heterocycles. The van der Waals surface area contributed by atoms with E-state index in [1.807, 2.05) is 6.92 Å². The van der Waals surface area contributed by atoms with Gasteiger partial charge in [-0.2, -0.15) is 0 Å². The monoisotopic (exact) mass is 308 g/mol. The van der Waals surface area contributed by atoms with Crippen molar-refractivity contribution in [3.63, 3.8) is 0 Å². The first-order valence-electron chi connectivity index (χ1n) is 6.95. The molecule has 0 spiro atoms. The molecule has 5 nitrogen and oxygen atoms in total. The molecule has 2 atom stereocenters. The Morgan fingerprint density at radius 2 is 2.24 bits per heavy atom. The minimum Gasteiger partial charge on any atom is -0.350 e. The Balaban J connectivity index is 2.01. The number of hydrogen-bond acceptors (Lipinski definition) is 3. The maximum Gasteiger partial charge on any atom is 0.238 e. The van der Waals surface area contributed by atoms with Crippen molar-refractivity contribution >= 4 is 15.9 Å². The number of rotatable bonds is 5. The molecule has 1 aliphatic carbocycles. The van der Waals surface area contributed by atoms with Crippen molar-refractivity contribution in [3.05, 3.63) is 42.0 Å². The number of sulfonamides is 1. The summed E-state index contributed by atoms with van der Waals surface area (Å²) in [4.78, 5) is 12.0. The first-order valence-corrected chi connectivity index (χ1v) is 8.49. The second kappa shape index (κ2) is 6.41. The van der Waals surface area contributed by atoms with Crippen molar-refractivity contribution in [1.82, 2.24) is 5.32 Å². The Bertz CT molecular complexity index is 653. The third-order valence-corrected chi connectivity index (χ3v) is 4.54. The molecular weight excluding hydrogens is 288 g/mol. The summed E-state index contributed by atoms with van der Waals surface area (Å²) in [7, 11) is -3.73. The average Bonchev–Trinajstić information content (AvgIpc) is 2.90. The highest BCUT2D eigenvalue weighted by atomic mass is 32.2. The lowest BCUT2D eigenvalue weighted by Crippen LogP contribution is -2.28. The van der Waals surface area contributed by atoms with Gasteiger partial charge in [-0.15, -0.1) is 0 Å². The Kier molecular flexibility index (Phi) is 4.80. The van der Waals surface area contributed by atoms with Gasteiger partial charge in [0.25, 0.3) is 0 Å². The minimum absolute atomic E-state index is 0.0277. The van der Waals surface area contributed by atoms with E-state index in [1.165, 1.54) is 12.1 Å². The van der Waals surface area contributed by atoms with E-state index in [-0.39, 0.29) is 16.8 Å². The summed E-state index contributed by atoms with van der Waals surface area (Å²) < 4.78 is 22.7. The summed E-state index contributed by atoms with van der Waals surface area (Å²) in [5.41, 5.74) is 0.719. The van der Waals surface area contributed by atoms with E-state index in [2.05, 4.69) is 17.5 Å². The van der Waals surface area contributed by atoms with E-state index in [1.54, 1.807) is 12.1 Å². The predicted octanol–water partition coefficient (Wildman–Crippen LogP) is 1.87. The minimum atomic E-state index is -3.73. The van der Waals surface area contributed by atoms with Crippen LogP contribution in [0.25, 0.3) is 0 Å². The molecule has 0 bridgehead atoms. The number of nitrogens with one attached hydrogen (secondary N) is 1. The highest BCUT2D eigenvalue weighted by molar-refractivity contribution is 7.89. The van der Waals surface area contributed by atoms with Gasteiger partial charge in [0, 0.05) is 6.42 Å². The van der Waals surface area contributed by atoms with Crippen LogP contribution in [-0.4, -0.2) is 14.3 Å². The smallest absolute Gasteiger partial charge is 0.238 e. The van der Waals surface area contributed by atoms with Gasteiger partial charge in [0.05, 0.1) is 10.9 Å². The maximum atomic E-state index is 12.0.